The smallest absolute Gasteiger partial charge is 0.165 e. The summed E-state index contributed by atoms with van der Waals surface area (Å²) in [5.41, 5.74) is 6.17. The molecule has 1 aromatic carbocycles. The van der Waals surface area contributed by atoms with Crippen LogP contribution in [0.1, 0.15) is 25.3 Å². The molecule has 0 aliphatic carbocycles. The number of hydrogen-bond donors (Lipinski definition) is 1. The number of nitrogens with two attached hydrogens (primary N) is 1. The standard InChI is InChI=1S/C11H16FNO/c1-2-3-6-14-11-5-4-9(8-13)7-10(11)12/h4-5,7H,2-3,6,8,13H2,1H3. The zero-order valence-electron chi connectivity index (χ0n) is 8.42. The summed E-state index contributed by atoms with van der Waals surface area (Å²) in [6, 6.07) is 4.83. The van der Waals surface area contributed by atoms with E-state index in [1.165, 1.54) is 6.07 Å². The third-order valence-corrected chi connectivity index (χ3v) is 1.99. The lowest BCUT2D eigenvalue weighted by Gasteiger charge is -2.07. The molecule has 0 spiro atoms. The molecule has 1 rings (SSSR count). The Morgan fingerprint density at radius 1 is 1.43 bits per heavy atom. The van der Waals surface area contributed by atoms with Crippen molar-refractivity contribution in [1.82, 2.24) is 0 Å². The molecule has 2 N–H and O–H groups in total. The van der Waals surface area contributed by atoms with Gasteiger partial charge in [0.15, 0.2) is 11.6 Å². The van der Waals surface area contributed by atoms with Gasteiger partial charge in [-0.3, -0.25) is 0 Å². The van der Waals surface area contributed by atoms with Crippen LogP contribution in [0.15, 0.2) is 18.2 Å². The van der Waals surface area contributed by atoms with Gasteiger partial charge in [0.25, 0.3) is 0 Å². The van der Waals surface area contributed by atoms with E-state index in [9.17, 15) is 4.39 Å². The van der Waals surface area contributed by atoms with Gasteiger partial charge in [-0.15, -0.1) is 0 Å². The SMILES string of the molecule is CCCCOc1ccc(CN)cc1F. The zero-order valence-corrected chi connectivity index (χ0v) is 8.42. The predicted molar refractivity (Wildman–Crippen MR) is 54.7 cm³/mol. The summed E-state index contributed by atoms with van der Waals surface area (Å²) < 4.78 is 18.5. The van der Waals surface area contributed by atoms with Gasteiger partial charge in [-0.1, -0.05) is 19.4 Å². The summed E-state index contributed by atoms with van der Waals surface area (Å²) in [6.07, 6.45) is 1.99. The maximum Gasteiger partial charge on any atom is 0.165 e. The molecule has 0 saturated heterocycles. The maximum atomic E-state index is 13.3. The first-order chi connectivity index (χ1) is 6.77. The van der Waals surface area contributed by atoms with Crippen LogP contribution in [-0.2, 0) is 6.54 Å². The summed E-state index contributed by atoms with van der Waals surface area (Å²) in [6.45, 7) is 2.98. The monoisotopic (exact) mass is 197 g/mol. The second kappa shape index (κ2) is 5.60. The van der Waals surface area contributed by atoms with Gasteiger partial charge in [-0.2, -0.15) is 0 Å². The highest BCUT2D eigenvalue weighted by Crippen LogP contribution is 2.18. The molecule has 0 aliphatic rings. The van der Waals surface area contributed by atoms with Gasteiger partial charge < -0.3 is 10.5 Å². The largest absolute Gasteiger partial charge is 0.491 e. The minimum atomic E-state index is -0.330. The fraction of sp³-hybridized carbons (Fsp3) is 0.455. The summed E-state index contributed by atoms with van der Waals surface area (Å²) in [5, 5.41) is 0. The first-order valence-corrected chi connectivity index (χ1v) is 4.89. The molecule has 1 aromatic rings. The van der Waals surface area contributed by atoms with Crippen LogP contribution in [0.3, 0.4) is 0 Å². The van der Waals surface area contributed by atoms with Crippen LogP contribution < -0.4 is 10.5 Å². The van der Waals surface area contributed by atoms with Gasteiger partial charge in [0.05, 0.1) is 6.61 Å². The molecule has 0 amide bonds. The Bertz CT molecular complexity index is 289. The van der Waals surface area contributed by atoms with Gasteiger partial charge >= 0.3 is 0 Å². The van der Waals surface area contributed by atoms with Gasteiger partial charge in [0.1, 0.15) is 0 Å². The Kier molecular flexibility index (Phi) is 4.40. The van der Waals surface area contributed by atoms with E-state index in [-0.39, 0.29) is 5.82 Å². The number of halogens is 1. The van der Waals surface area contributed by atoms with Gasteiger partial charge in [0, 0.05) is 6.54 Å². The predicted octanol–water partition coefficient (Wildman–Crippen LogP) is 2.46. The number of ether oxygens (including phenoxy) is 1. The maximum absolute atomic E-state index is 13.3. The topological polar surface area (TPSA) is 35.2 Å². The number of hydrogen-bond acceptors (Lipinski definition) is 2. The zero-order chi connectivity index (χ0) is 10.4. The Labute approximate surface area is 83.9 Å². The van der Waals surface area contributed by atoms with Gasteiger partial charge in [-0.25, -0.2) is 4.39 Å². The molecule has 0 aromatic heterocycles. The average molecular weight is 197 g/mol. The van der Waals surface area contributed by atoms with Gasteiger partial charge in [-0.05, 0) is 24.1 Å². The first-order valence-electron chi connectivity index (χ1n) is 4.89. The normalized spacial score (nSPS) is 10.2. The number of unbranched alkanes of at least 4 members (excludes halogenated alkanes) is 1. The third kappa shape index (κ3) is 3.00. The number of benzene rings is 1. The van der Waals surface area contributed by atoms with E-state index in [2.05, 4.69) is 6.92 Å². The van der Waals surface area contributed by atoms with Crippen LogP contribution in [-0.4, -0.2) is 6.61 Å². The van der Waals surface area contributed by atoms with Crippen LogP contribution in [0.25, 0.3) is 0 Å². The van der Waals surface area contributed by atoms with Gasteiger partial charge in [0.2, 0.25) is 0 Å². The van der Waals surface area contributed by atoms with E-state index in [1.807, 2.05) is 0 Å². The molecule has 0 unspecified atom stereocenters. The molecule has 0 aliphatic heterocycles. The van der Waals surface area contributed by atoms with E-state index in [4.69, 9.17) is 10.5 Å². The lowest BCUT2D eigenvalue weighted by molar-refractivity contribution is 0.294. The molecule has 0 radical (unpaired) electrons. The van der Waals surface area contributed by atoms with Crippen LogP contribution in [0.2, 0.25) is 0 Å². The molecule has 0 heterocycles. The van der Waals surface area contributed by atoms with Crippen molar-refractivity contribution in [2.24, 2.45) is 5.73 Å². The molecule has 2 nitrogen and oxygen atoms in total. The Morgan fingerprint density at radius 2 is 2.21 bits per heavy atom. The lowest BCUT2D eigenvalue weighted by Crippen LogP contribution is -2.01. The highest BCUT2D eigenvalue weighted by Gasteiger charge is 2.03. The molecule has 0 fully saturated rings. The van der Waals surface area contributed by atoms with E-state index < -0.39 is 0 Å². The fourth-order valence-electron chi connectivity index (χ4n) is 1.11. The quantitative estimate of drug-likeness (QED) is 0.736. The Hall–Kier alpha value is -1.09. The average Bonchev–Trinajstić information content (AvgIpc) is 2.20. The third-order valence-electron chi connectivity index (χ3n) is 1.99. The molecule has 3 heteroatoms. The van der Waals surface area contributed by atoms with Crippen molar-refractivity contribution >= 4 is 0 Å². The molecule has 0 atom stereocenters. The van der Waals surface area contributed by atoms with Crippen molar-refractivity contribution in [2.75, 3.05) is 6.61 Å². The van der Waals surface area contributed by atoms with Crippen LogP contribution in [0, 0.1) is 5.82 Å². The Morgan fingerprint density at radius 3 is 2.79 bits per heavy atom. The van der Waals surface area contributed by atoms with Crippen LogP contribution >= 0.6 is 0 Å². The summed E-state index contributed by atoms with van der Waals surface area (Å²) in [5.74, 6) is -0.0142. The van der Waals surface area contributed by atoms with Crippen LogP contribution in [0.5, 0.6) is 5.75 Å². The first kappa shape index (κ1) is 11.0. The molecule has 0 bridgehead atoms. The van der Waals surface area contributed by atoms with E-state index >= 15 is 0 Å². The second-order valence-electron chi connectivity index (χ2n) is 3.17. The van der Waals surface area contributed by atoms with Crippen LogP contribution in [0.4, 0.5) is 4.39 Å². The molecule has 78 valence electrons. The summed E-state index contributed by atoms with van der Waals surface area (Å²) in [4.78, 5) is 0. The van der Waals surface area contributed by atoms with Crippen molar-refractivity contribution in [3.63, 3.8) is 0 Å². The fourth-order valence-corrected chi connectivity index (χ4v) is 1.11. The minimum absolute atomic E-state index is 0.315. The Balaban J connectivity index is 2.59. The highest BCUT2D eigenvalue weighted by molar-refractivity contribution is 5.29. The van der Waals surface area contributed by atoms with Crippen molar-refractivity contribution in [3.8, 4) is 5.75 Å². The van der Waals surface area contributed by atoms with Crippen molar-refractivity contribution in [2.45, 2.75) is 26.3 Å². The molecular formula is C11H16FNO. The van der Waals surface area contributed by atoms with Crippen molar-refractivity contribution in [3.05, 3.63) is 29.6 Å². The summed E-state index contributed by atoms with van der Waals surface area (Å²) in [7, 11) is 0. The summed E-state index contributed by atoms with van der Waals surface area (Å²) >= 11 is 0. The molecule has 0 saturated carbocycles. The molecule has 14 heavy (non-hydrogen) atoms. The van der Waals surface area contributed by atoms with Crippen molar-refractivity contribution < 1.29 is 9.13 Å². The molecular weight excluding hydrogens is 181 g/mol. The lowest BCUT2D eigenvalue weighted by atomic mass is 10.2. The van der Waals surface area contributed by atoms with E-state index in [0.29, 0.717) is 18.9 Å². The van der Waals surface area contributed by atoms with Crippen molar-refractivity contribution in [1.29, 1.82) is 0 Å². The minimum Gasteiger partial charge on any atom is -0.491 e. The highest BCUT2D eigenvalue weighted by atomic mass is 19.1. The second-order valence-corrected chi connectivity index (χ2v) is 3.17. The van der Waals surface area contributed by atoms with E-state index in [1.54, 1.807) is 12.1 Å². The number of rotatable bonds is 5. The van der Waals surface area contributed by atoms with E-state index in [0.717, 1.165) is 18.4 Å².